The summed E-state index contributed by atoms with van der Waals surface area (Å²) in [4.78, 5) is 23.1. The Kier molecular flexibility index (Phi) is 6.68. The third kappa shape index (κ3) is 5.56. The van der Waals surface area contributed by atoms with Gasteiger partial charge in [-0.25, -0.2) is 4.79 Å². The molecular weight excluding hydrogens is 352 g/mol. The van der Waals surface area contributed by atoms with Gasteiger partial charge in [-0.3, -0.25) is 10.1 Å². The second kappa shape index (κ2) is 8.96. The summed E-state index contributed by atoms with van der Waals surface area (Å²) >= 11 is 5.04. The number of rotatable bonds is 6. The van der Waals surface area contributed by atoms with Gasteiger partial charge in [-0.05, 0) is 48.0 Å². The number of aromatic carboxylic acids is 1. The molecule has 0 aliphatic heterocycles. The number of anilines is 1. The fourth-order valence-electron chi connectivity index (χ4n) is 2.19. The van der Waals surface area contributed by atoms with E-state index in [1.165, 1.54) is 11.6 Å². The van der Waals surface area contributed by atoms with Crippen LogP contribution in [0.1, 0.15) is 35.7 Å². The molecule has 0 aromatic heterocycles. The van der Waals surface area contributed by atoms with Crippen LogP contribution in [0.5, 0.6) is 5.75 Å². The fourth-order valence-corrected chi connectivity index (χ4v) is 2.42. The maximum Gasteiger partial charge on any atom is 0.337 e. The van der Waals surface area contributed by atoms with Crippen molar-refractivity contribution in [2.75, 3.05) is 11.9 Å². The van der Waals surface area contributed by atoms with E-state index in [1.807, 2.05) is 24.3 Å². The number of nitrogens with one attached hydrogen (secondary N) is 2. The molecule has 0 heterocycles. The van der Waals surface area contributed by atoms with Crippen LogP contribution in [-0.2, 0) is 4.79 Å². The highest BCUT2D eigenvalue weighted by Crippen LogP contribution is 2.18. The first-order chi connectivity index (χ1) is 12.4. The number of carbonyl (C=O) groups is 2. The summed E-state index contributed by atoms with van der Waals surface area (Å²) in [6.07, 6.45) is 0. The summed E-state index contributed by atoms with van der Waals surface area (Å²) in [6, 6.07) is 13.8. The number of benzene rings is 2. The van der Waals surface area contributed by atoms with Crippen LogP contribution in [0.2, 0.25) is 0 Å². The Morgan fingerprint density at radius 3 is 2.38 bits per heavy atom. The highest BCUT2D eigenvalue weighted by Gasteiger charge is 2.12. The molecule has 7 heteroatoms. The Balaban J connectivity index is 1.86. The van der Waals surface area contributed by atoms with Crippen LogP contribution in [0.3, 0.4) is 0 Å². The monoisotopic (exact) mass is 372 g/mol. The second-order valence-corrected chi connectivity index (χ2v) is 6.27. The maximum atomic E-state index is 11.9. The van der Waals surface area contributed by atoms with Crippen molar-refractivity contribution in [3.05, 3.63) is 59.7 Å². The standard InChI is InChI=1S/C19H20N2O4S/c1-12(2)13-7-9-14(10-8-13)25-11-17(22)21-19(26)20-16-6-4-3-5-15(16)18(23)24/h3-10,12H,11H2,1-2H3,(H,23,24)(H2,20,21,22,26). The van der Waals surface area contributed by atoms with Gasteiger partial charge in [0.1, 0.15) is 5.75 Å². The molecule has 3 N–H and O–H groups in total. The number of hydrogen-bond acceptors (Lipinski definition) is 4. The predicted octanol–water partition coefficient (Wildman–Crippen LogP) is 3.40. The van der Waals surface area contributed by atoms with Crippen molar-refractivity contribution >= 4 is 34.9 Å². The quantitative estimate of drug-likeness (QED) is 0.674. The molecule has 0 aliphatic rings. The number of ether oxygens (including phenoxy) is 1. The van der Waals surface area contributed by atoms with Crippen molar-refractivity contribution < 1.29 is 19.4 Å². The van der Waals surface area contributed by atoms with Crippen LogP contribution in [0.15, 0.2) is 48.5 Å². The van der Waals surface area contributed by atoms with E-state index in [2.05, 4.69) is 24.5 Å². The smallest absolute Gasteiger partial charge is 0.337 e. The van der Waals surface area contributed by atoms with Gasteiger partial charge in [0.15, 0.2) is 11.7 Å². The number of amides is 1. The number of carboxylic acid groups (broad SMARTS) is 1. The molecule has 0 aliphatic carbocycles. The molecule has 0 bridgehead atoms. The molecule has 0 fully saturated rings. The van der Waals surface area contributed by atoms with Gasteiger partial charge in [-0.1, -0.05) is 38.1 Å². The zero-order valence-electron chi connectivity index (χ0n) is 14.5. The van der Waals surface area contributed by atoms with Crippen molar-refractivity contribution in [2.24, 2.45) is 0 Å². The van der Waals surface area contributed by atoms with Crippen molar-refractivity contribution in [3.8, 4) is 5.75 Å². The van der Waals surface area contributed by atoms with E-state index < -0.39 is 11.9 Å². The predicted molar refractivity (Wildman–Crippen MR) is 104 cm³/mol. The molecule has 2 rings (SSSR count). The van der Waals surface area contributed by atoms with Gasteiger partial charge in [0.25, 0.3) is 5.91 Å². The lowest BCUT2D eigenvalue weighted by molar-refractivity contribution is -0.121. The normalized spacial score (nSPS) is 10.3. The van der Waals surface area contributed by atoms with Gasteiger partial charge in [0.2, 0.25) is 0 Å². The van der Waals surface area contributed by atoms with Gasteiger partial charge < -0.3 is 15.2 Å². The molecule has 136 valence electrons. The molecule has 1 amide bonds. The molecular formula is C19H20N2O4S. The maximum absolute atomic E-state index is 11.9. The SMILES string of the molecule is CC(C)c1ccc(OCC(=O)NC(=S)Nc2ccccc2C(=O)O)cc1. The zero-order chi connectivity index (χ0) is 19.1. The number of carboxylic acids is 1. The van der Waals surface area contributed by atoms with Crippen LogP contribution in [0.25, 0.3) is 0 Å². The summed E-state index contributed by atoms with van der Waals surface area (Å²) < 4.78 is 5.42. The molecule has 2 aromatic carbocycles. The van der Waals surface area contributed by atoms with Crippen LogP contribution in [-0.4, -0.2) is 28.7 Å². The topological polar surface area (TPSA) is 87.7 Å². The lowest BCUT2D eigenvalue weighted by atomic mass is 10.0. The van der Waals surface area contributed by atoms with Crippen molar-refractivity contribution in [1.29, 1.82) is 0 Å². The third-order valence-electron chi connectivity index (χ3n) is 3.58. The van der Waals surface area contributed by atoms with Crippen LogP contribution < -0.4 is 15.4 Å². The van der Waals surface area contributed by atoms with E-state index in [1.54, 1.807) is 18.2 Å². The molecule has 0 saturated heterocycles. The van der Waals surface area contributed by atoms with E-state index in [9.17, 15) is 9.59 Å². The van der Waals surface area contributed by atoms with Crippen LogP contribution >= 0.6 is 12.2 Å². The Bertz CT molecular complexity index is 803. The van der Waals surface area contributed by atoms with Crippen molar-refractivity contribution in [3.63, 3.8) is 0 Å². The number of hydrogen-bond donors (Lipinski definition) is 3. The van der Waals surface area contributed by atoms with Crippen molar-refractivity contribution in [1.82, 2.24) is 5.32 Å². The zero-order valence-corrected chi connectivity index (χ0v) is 15.3. The molecule has 6 nitrogen and oxygen atoms in total. The highest BCUT2D eigenvalue weighted by molar-refractivity contribution is 7.80. The Morgan fingerprint density at radius 1 is 1.12 bits per heavy atom. The molecule has 0 unspecified atom stereocenters. The molecule has 26 heavy (non-hydrogen) atoms. The summed E-state index contributed by atoms with van der Waals surface area (Å²) in [5, 5.41) is 14.3. The van der Waals surface area contributed by atoms with Gasteiger partial charge >= 0.3 is 5.97 Å². The van der Waals surface area contributed by atoms with E-state index in [0.717, 1.165) is 0 Å². The average molecular weight is 372 g/mol. The Labute approximate surface area is 157 Å². The second-order valence-electron chi connectivity index (χ2n) is 5.87. The first-order valence-electron chi connectivity index (χ1n) is 8.02. The summed E-state index contributed by atoms with van der Waals surface area (Å²) in [5.74, 6) is -0.525. The van der Waals surface area contributed by atoms with Crippen LogP contribution in [0, 0.1) is 0 Å². The lowest BCUT2D eigenvalue weighted by Gasteiger charge is -2.12. The molecule has 0 saturated carbocycles. The molecule has 0 radical (unpaired) electrons. The number of carbonyl (C=O) groups excluding carboxylic acids is 1. The number of thiocarbonyl (C=S) groups is 1. The molecule has 2 aromatic rings. The average Bonchev–Trinajstić information content (AvgIpc) is 2.60. The Hall–Kier alpha value is -2.93. The number of para-hydroxylation sites is 1. The first-order valence-corrected chi connectivity index (χ1v) is 8.43. The summed E-state index contributed by atoms with van der Waals surface area (Å²) in [6.45, 7) is 3.99. The minimum absolute atomic E-state index is 0.00227. The van der Waals surface area contributed by atoms with Gasteiger partial charge in [-0.2, -0.15) is 0 Å². The van der Waals surface area contributed by atoms with E-state index >= 15 is 0 Å². The highest BCUT2D eigenvalue weighted by atomic mass is 32.1. The first kappa shape index (κ1) is 19.4. The Morgan fingerprint density at radius 2 is 1.77 bits per heavy atom. The largest absolute Gasteiger partial charge is 0.484 e. The van der Waals surface area contributed by atoms with Gasteiger partial charge in [-0.15, -0.1) is 0 Å². The lowest BCUT2D eigenvalue weighted by Crippen LogP contribution is -2.37. The molecule has 0 spiro atoms. The minimum Gasteiger partial charge on any atom is -0.484 e. The summed E-state index contributed by atoms with van der Waals surface area (Å²) in [7, 11) is 0. The van der Waals surface area contributed by atoms with Crippen LogP contribution in [0.4, 0.5) is 5.69 Å². The fraction of sp³-hybridized carbons (Fsp3) is 0.211. The van der Waals surface area contributed by atoms with Gasteiger partial charge in [0, 0.05) is 0 Å². The van der Waals surface area contributed by atoms with E-state index in [0.29, 0.717) is 17.4 Å². The third-order valence-corrected chi connectivity index (χ3v) is 3.78. The van der Waals surface area contributed by atoms with Gasteiger partial charge in [0.05, 0.1) is 11.3 Å². The summed E-state index contributed by atoms with van der Waals surface area (Å²) in [5.41, 5.74) is 1.55. The van der Waals surface area contributed by atoms with E-state index in [4.69, 9.17) is 22.1 Å². The van der Waals surface area contributed by atoms with E-state index in [-0.39, 0.29) is 17.3 Å². The van der Waals surface area contributed by atoms with Crippen molar-refractivity contribution in [2.45, 2.75) is 19.8 Å². The minimum atomic E-state index is -1.09. The molecule has 0 atom stereocenters.